The Morgan fingerprint density at radius 1 is 1.24 bits per heavy atom. The first-order chi connectivity index (χ1) is 9.88. The second kappa shape index (κ2) is 7.39. The first kappa shape index (κ1) is 16.6. The maximum absolute atomic E-state index is 11.8. The SMILES string of the molecule is CCOC(=O)c1cccc(CCC(=O)O)c1C(O)C(=O)O. The monoisotopic (exact) mass is 296 g/mol. The van der Waals surface area contributed by atoms with Gasteiger partial charge in [-0.2, -0.15) is 0 Å². The van der Waals surface area contributed by atoms with Gasteiger partial charge in [-0.3, -0.25) is 4.79 Å². The molecule has 0 saturated heterocycles. The molecule has 0 amide bonds. The van der Waals surface area contributed by atoms with E-state index in [9.17, 15) is 19.5 Å². The molecule has 1 atom stereocenters. The first-order valence-electron chi connectivity index (χ1n) is 6.30. The number of carboxylic acids is 2. The topological polar surface area (TPSA) is 121 Å². The number of carbonyl (C=O) groups excluding carboxylic acids is 1. The van der Waals surface area contributed by atoms with Gasteiger partial charge in [0.15, 0.2) is 6.10 Å². The summed E-state index contributed by atoms with van der Waals surface area (Å²) in [5, 5.41) is 27.4. The fraction of sp³-hybridized carbons (Fsp3) is 0.357. The van der Waals surface area contributed by atoms with Gasteiger partial charge in [0, 0.05) is 12.0 Å². The molecule has 7 heteroatoms. The summed E-state index contributed by atoms with van der Waals surface area (Å²) in [4.78, 5) is 33.5. The fourth-order valence-corrected chi connectivity index (χ4v) is 1.91. The molecule has 0 aliphatic heterocycles. The minimum Gasteiger partial charge on any atom is -0.481 e. The van der Waals surface area contributed by atoms with Crippen molar-refractivity contribution in [1.29, 1.82) is 0 Å². The van der Waals surface area contributed by atoms with Gasteiger partial charge in [-0.15, -0.1) is 0 Å². The van der Waals surface area contributed by atoms with Crippen molar-refractivity contribution >= 4 is 17.9 Å². The smallest absolute Gasteiger partial charge is 0.338 e. The summed E-state index contributed by atoms with van der Waals surface area (Å²) >= 11 is 0. The molecule has 0 aliphatic rings. The van der Waals surface area contributed by atoms with E-state index in [1.54, 1.807) is 6.92 Å². The minimum absolute atomic E-state index is 0.00223. The third-order valence-corrected chi connectivity index (χ3v) is 2.81. The zero-order chi connectivity index (χ0) is 16.0. The minimum atomic E-state index is -1.92. The van der Waals surface area contributed by atoms with Crippen molar-refractivity contribution in [1.82, 2.24) is 0 Å². The van der Waals surface area contributed by atoms with Crippen molar-refractivity contribution in [2.45, 2.75) is 25.9 Å². The third kappa shape index (κ3) is 4.28. The molecule has 3 N–H and O–H groups in total. The van der Waals surface area contributed by atoms with E-state index in [1.165, 1.54) is 18.2 Å². The molecule has 0 fully saturated rings. The summed E-state index contributed by atoms with van der Waals surface area (Å²) in [6.07, 6.45) is -2.16. The predicted molar refractivity (Wildman–Crippen MR) is 71.0 cm³/mol. The molecule has 0 radical (unpaired) electrons. The highest BCUT2D eigenvalue weighted by Gasteiger charge is 2.26. The van der Waals surface area contributed by atoms with Crippen LogP contribution in [0.25, 0.3) is 0 Å². The number of hydrogen-bond donors (Lipinski definition) is 3. The van der Waals surface area contributed by atoms with Crippen molar-refractivity contribution in [3.05, 3.63) is 34.9 Å². The van der Waals surface area contributed by atoms with Crippen LogP contribution in [0.1, 0.15) is 40.9 Å². The molecule has 0 saturated carbocycles. The fourth-order valence-electron chi connectivity index (χ4n) is 1.91. The van der Waals surface area contributed by atoms with E-state index in [4.69, 9.17) is 14.9 Å². The third-order valence-electron chi connectivity index (χ3n) is 2.81. The lowest BCUT2D eigenvalue weighted by molar-refractivity contribution is -0.147. The Labute approximate surface area is 120 Å². The van der Waals surface area contributed by atoms with Crippen molar-refractivity contribution in [2.24, 2.45) is 0 Å². The molecule has 0 aliphatic carbocycles. The van der Waals surface area contributed by atoms with Gasteiger partial charge in [-0.25, -0.2) is 9.59 Å². The number of aliphatic hydroxyl groups is 1. The molecule has 0 aromatic heterocycles. The first-order valence-corrected chi connectivity index (χ1v) is 6.30. The van der Waals surface area contributed by atoms with Crippen LogP contribution in [0.4, 0.5) is 0 Å². The Bertz CT molecular complexity index is 550. The van der Waals surface area contributed by atoms with Gasteiger partial charge in [0.25, 0.3) is 0 Å². The number of aliphatic hydroxyl groups excluding tert-OH is 1. The number of aryl methyl sites for hydroxylation is 1. The number of aliphatic carboxylic acids is 2. The lowest BCUT2D eigenvalue weighted by atomic mass is 9.93. The van der Waals surface area contributed by atoms with Gasteiger partial charge in [0.1, 0.15) is 0 Å². The van der Waals surface area contributed by atoms with Crippen LogP contribution >= 0.6 is 0 Å². The van der Waals surface area contributed by atoms with Crippen LogP contribution in [-0.2, 0) is 20.7 Å². The molecule has 114 valence electrons. The van der Waals surface area contributed by atoms with Gasteiger partial charge in [-0.05, 0) is 25.0 Å². The van der Waals surface area contributed by atoms with E-state index in [2.05, 4.69) is 0 Å². The number of benzene rings is 1. The summed E-state index contributed by atoms with van der Waals surface area (Å²) in [5.74, 6) is -3.35. The van der Waals surface area contributed by atoms with Crippen LogP contribution in [0.15, 0.2) is 18.2 Å². The van der Waals surface area contributed by atoms with Gasteiger partial charge in [0.2, 0.25) is 0 Å². The van der Waals surface area contributed by atoms with Crippen LogP contribution in [-0.4, -0.2) is 39.8 Å². The van der Waals surface area contributed by atoms with Gasteiger partial charge in [-0.1, -0.05) is 12.1 Å². The molecular weight excluding hydrogens is 280 g/mol. The summed E-state index contributed by atoms with van der Waals surface area (Å²) in [6.45, 7) is 1.69. The molecule has 7 nitrogen and oxygen atoms in total. The maximum Gasteiger partial charge on any atom is 0.338 e. The molecule has 1 rings (SSSR count). The highest BCUT2D eigenvalue weighted by atomic mass is 16.5. The summed E-state index contributed by atoms with van der Waals surface area (Å²) in [5.41, 5.74) is 0.0946. The number of carboxylic acid groups (broad SMARTS) is 2. The largest absolute Gasteiger partial charge is 0.481 e. The van der Waals surface area contributed by atoms with Crippen molar-refractivity contribution < 1.29 is 34.4 Å². The van der Waals surface area contributed by atoms with E-state index in [-0.39, 0.29) is 36.1 Å². The number of hydrogen-bond acceptors (Lipinski definition) is 5. The lowest BCUT2D eigenvalue weighted by Gasteiger charge is -2.16. The van der Waals surface area contributed by atoms with Crippen molar-refractivity contribution in [3.8, 4) is 0 Å². The average Bonchev–Trinajstić information content (AvgIpc) is 2.43. The number of esters is 1. The number of ether oxygens (including phenoxy) is 1. The summed E-state index contributed by atoms with van der Waals surface area (Å²) in [6, 6.07) is 4.30. The van der Waals surface area contributed by atoms with E-state index in [1.807, 2.05) is 0 Å². The normalized spacial score (nSPS) is 11.7. The molecule has 0 heterocycles. The summed E-state index contributed by atoms with van der Waals surface area (Å²) < 4.78 is 4.82. The summed E-state index contributed by atoms with van der Waals surface area (Å²) in [7, 11) is 0. The van der Waals surface area contributed by atoms with Crippen LogP contribution < -0.4 is 0 Å². The van der Waals surface area contributed by atoms with E-state index in [0.29, 0.717) is 0 Å². The second-order valence-electron chi connectivity index (χ2n) is 4.23. The Hall–Kier alpha value is -2.41. The molecular formula is C14H16O7. The van der Waals surface area contributed by atoms with Gasteiger partial charge in [0.05, 0.1) is 12.2 Å². The molecule has 1 unspecified atom stereocenters. The second-order valence-corrected chi connectivity index (χ2v) is 4.23. The van der Waals surface area contributed by atoms with Gasteiger partial charge < -0.3 is 20.1 Å². The van der Waals surface area contributed by atoms with Crippen LogP contribution in [0.3, 0.4) is 0 Å². The van der Waals surface area contributed by atoms with Crippen molar-refractivity contribution in [3.63, 3.8) is 0 Å². The van der Waals surface area contributed by atoms with Crippen molar-refractivity contribution in [2.75, 3.05) is 6.61 Å². The molecule has 0 spiro atoms. The highest BCUT2D eigenvalue weighted by Crippen LogP contribution is 2.25. The van der Waals surface area contributed by atoms with Crippen LogP contribution in [0.5, 0.6) is 0 Å². The van der Waals surface area contributed by atoms with E-state index < -0.39 is 24.0 Å². The zero-order valence-corrected chi connectivity index (χ0v) is 11.4. The molecule has 21 heavy (non-hydrogen) atoms. The Morgan fingerprint density at radius 2 is 1.90 bits per heavy atom. The predicted octanol–water partition coefficient (Wildman–Crippen LogP) is 0.998. The van der Waals surface area contributed by atoms with Gasteiger partial charge >= 0.3 is 17.9 Å². The quantitative estimate of drug-likeness (QED) is 0.642. The lowest BCUT2D eigenvalue weighted by Crippen LogP contribution is -2.19. The molecule has 1 aromatic rings. The Balaban J connectivity index is 3.29. The highest BCUT2D eigenvalue weighted by molar-refractivity contribution is 5.93. The zero-order valence-electron chi connectivity index (χ0n) is 11.4. The maximum atomic E-state index is 11.8. The van der Waals surface area contributed by atoms with E-state index >= 15 is 0 Å². The Kier molecular flexibility index (Phi) is 5.86. The molecule has 0 bridgehead atoms. The average molecular weight is 296 g/mol. The molecule has 1 aromatic carbocycles. The van der Waals surface area contributed by atoms with Crippen LogP contribution in [0, 0.1) is 0 Å². The number of rotatable bonds is 7. The van der Waals surface area contributed by atoms with E-state index in [0.717, 1.165) is 0 Å². The standard InChI is InChI=1S/C14H16O7/c1-2-21-14(20)9-5-3-4-8(6-7-10(15)16)11(9)12(17)13(18)19/h3-5,12,17H,2,6-7H2,1H3,(H,15,16)(H,18,19). The Morgan fingerprint density at radius 3 is 2.43 bits per heavy atom. The number of carbonyl (C=O) groups is 3. The van der Waals surface area contributed by atoms with Crippen LogP contribution in [0.2, 0.25) is 0 Å².